The summed E-state index contributed by atoms with van der Waals surface area (Å²) in [6, 6.07) is 0. The van der Waals surface area contributed by atoms with Gasteiger partial charge in [0, 0.05) is 17.9 Å². The van der Waals surface area contributed by atoms with Crippen molar-refractivity contribution in [1.29, 1.82) is 0 Å². The number of hydrogen-bond acceptors (Lipinski definition) is 8. The van der Waals surface area contributed by atoms with Crippen LogP contribution in [0.4, 0.5) is 0 Å². The van der Waals surface area contributed by atoms with Gasteiger partial charge in [-0.3, -0.25) is 9.59 Å². The van der Waals surface area contributed by atoms with Gasteiger partial charge < -0.3 is 35.2 Å². The molecule has 5 N–H and O–H groups in total. The molecule has 0 bridgehead atoms. The smallest absolute Gasteiger partial charge is 0.244 e. The van der Waals surface area contributed by atoms with Gasteiger partial charge in [-0.15, -0.1) is 0 Å². The molecular weight excluding hydrogens is 382 g/mol. The molecule has 0 aromatic heterocycles. The maximum absolute atomic E-state index is 11.8. The average Bonchev–Trinajstić information content (AvgIpc) is 3.44. The Morgan fingerprint density at radius 2 is 1.90 bits per heavy atom. The molecule has 29 heavy (non-hydrogen) atoms. The number of epoxide rings is 1. The first-order valence-corrected chi connectivity index (χ1v) is 10.0. The third-order valence-electron chi connectivity index (χ3n) is 5.71. The summed E-state index contributed by atoms with van der Waals surface area (Å²) in [5, 5.41) is 41.6. The fourth-order valence-electron chi connectivity index (χ4n) is 3.60. The van der Waals surface area contributed by atoms with Crippen molar-refractivity contribution in [3.8, 4) is 0 Å². The highest BCUT2D eigenvalue weighted by molar-refractivity contribution is 5.92. The quantitative estimate of drug-likeness (QED) is 0.223. The summed E-state index contributed by atoms with van der Waals surface area (Å²) >= 11 is 0. The molecule has 0 unspecified atom stereocenters. The van der Waals surface area contributed by atoms with Crippen molar-refractivity contribution in [3.05, 3.63) is 11.6 Å². The first-order chi connectivity index (χ1) is 13.6. The normalized spacial score (nSPS) is 34.4. The lowest BCUT2D eigenvalue weighted by Crippen LogP contribution is -2.50. The fraction of sp³-hybridized carbons (Fsp3) is 0.800. The SMILES string of the molecule is C/C(=C\C(=O)NCC(=O)CO)C[C@@H]1OC[C@H](C[C@@H]2O[C@H]2[C@@H](C)[C@H](C)O)[C@@H](O)[C@H]1O. The summed E-state index contributed by atoms with van der Waals surface area (Å²) in [6.45, 7) is 4.72. The summed E-state index contributed by atoms with van der Waals surface area (Å²) in [5.41, 5.74) is 0.630. The highest BCUT2D eigenvalue weighted by Gasteiger charge is 2.48. The van der Waals surface area contributed by atoms with Gasteiger partial charge in [-0.25, -0.2) is 0 Å². The molecule has 2 saturated heterocycles. The van der Waals surface area contributed by atoms with Crippen LogP contribution in [0.2, 0.25) is 0 Å². The van der Waals surface area contributed by atoms with Crippen molar-refractivity contribution in [2.45, 2.75) is 70.2 Å². The van der Waals surface area contributed by atoms with Gasteiger partial charge in [0.25, 0.3) is 0 Å². The van der Waals surface area contributed by atoms with E-state index in [0.717, 1.165) is 0 Å². The molecule has 8 atom stereocenters. The van der Waals surface area contributed by atoms with Crippen molar-refractivity contribution in [1.82, 2.24) is 5.32 Å². The van der Waals surface area contributed by atoms with E-state index in [1.165, 1.54) is 6.08 Å². The van der Waals surface area contributed by atoms with E-state index in [-0.39, 0.29) is 43.6 Å². The lowest BCUT2D eigenvalue weighted by atomic mass is 9.85. The van der Waals surface area contributed by atoms with Gasteiger partial charge >= 0.3 is 0 Å². The topological polar surface area (TPSA) is 149 Å². The number of aliphatic hydroxyl groups is 4. The largest absolute Gasteiger partial charge is 0.393 e. The van der Waals surface area contributed by atoms with E-state index in [1.807, 2.05) is 6.92 Å². The molecule has 2 rings (SSSR count). The van der Waals surface area contributed by atoms with E-state index in [9.17, 15) is 24.9 Å². The monoisotopic (exact) mass is 415 g/mol. The summed E-state index contributed by atoms with van der Waals surface area (Å²) in [5.74, 6) is -1.23. The molecule has 2 aliphatic rings. The molecule has 9 nitrogen and oxygen atoms in total. The standard InChI is InChI=1S/C20H33NO8/c1-10(5-17(25)21-7-14(24)8-22)4-15-19(27)18(26)13(9-28-15)6-16-20(29-16)11(2)12(3)23/h5,11-13,15-16,18-20,22-23,26-27H,4,6-9H2,1-3H3,(H,21,25)/b10-5+/t11-,12-,13-,15-,16-,18+,19-,20-/m0/s1. The van der Waals surface area contributed by atoms with Crippen LogP contribution >= 0.6 is 0 Å². The Labute approximate surface area is 170 Å². The summed E-state index contributed by atoms with van der Waals surface area (Å²) < 4.78 is 11.3. The first-order valence-electron chi connectivity index (χ1n) is 10.0. The van der Waals surface area contributed by atoms with Crippen molar-refractivity contribution < 1.29 is 39.5 Å². The Balaban J connectivity index is 1.80. The zero-order valence-corrected chi connectivity index (χ0v) is 17.2. The third-order valence-corrected chi connectivity index (χ3v) is 5.71. The van der Waals surface area contributed by atoms with Crippen molar-refractivity contribution in [3.63, 3.8) is 0 Å². The average molecular weight is 415 g/mol. The number of hydrogen-bond donors (Lipinski definition) is 5. The molecule has 166 valence electrons. The maximum Gasteiger partial charge on any atom is 0.244 e. The number of nitrogens with one attached hydrogen (secondary N) is 1. The van der Waals surface area contributed by atoms with Crippen LogP contribution in [-0.4, -0.2) is 88.5 Å². The van der Waals surface area contributed by atoms with Crippen LogP contribution in [0.25, 0.3) is 0 Å². The molecule has 2 heterocycles. The van der Waals surface area contributed by atoms with Gasteiger partial charge in [0.2, 0.25) is 5.91 Å². The second kappa shape index (κ2) is 10.6. The Hall–Kier alpha value is -1.36. The predicted molar refractivity (Wildman–Crippen MR) is 103 cm³/mol. The summed E-state index contributed by atoms with van der Waals surface area (Å²) in [4.78, 5) is 22.8. The van der Waals surface area contributed by atoms with Crippen LogP contribution in [0.15, 0.2) is 11.6 Å². The van der Waals surface area contributed by atoms with Gasteiger partial charge in [-0.1, -0.05) is 12.5 Å². The van der Waals surface area contributed by atoms with E-state index in [4.69, 9.17) is 14.6 Å². The molecule has 0 aliphatic carbocycles. The number of aliphatic hydroxyl groups excluding tert-OH is 4. The molecule has 0 aromatic rings. The second-order valence-electron chi connectivity index (χ2n) is 8.20. The van der Waals surface area contributed by atoms with Gasteiger partial charge in [0.15, 0.2) is 5.78 Å². The molecule has 0 spiro atoms. The lowest BCUT2D eigenvalue weighted by Gasteiger charge is -2.38. The Bertz CT molecular complexity index is 607. The number of carbonyl (C=O) groups is 2. The van der Waals surface area contributed by atoms with Crippen LogP contribution in [0.1, 0.15) is 33.6 Å². The molecule has 0 saturated carbocycles. The van der Waals surface area contributed by atoms with Crippen LogP contribution in [0, 0.1) is 11.8 Å². The number of ketones is 1. The summed E-state index contributed by atoms with van der Waals surface area (Å²) in [7, 11) is 0. The number of amides is 1. The number of carbonyl (C=O) groups excluding carboxylic acids is 2. The van der Waals surface area contributed by atoms with E-state index in [1.54, 1.807) is 13.8 Å². The first kappa shape index (κ1) is 23.9. The lowest BCUT2D eigenvalue weighted by molar-refractivity contribution is -0.165. The maximum atomic E-state index is 11.8. The Morgan fingerprint density at radius 3 is 2.52 bits per heavy atom. The minimum absolute atomic E-state index is 0.00549. The van der Waals surface area contributed by atoms with Crippen LogP contribution in [0.5, 0.6) is 0 Å². The van der Waals surface area contributed by atoms with Crippen LogP contribution < -0.4 is 5.32 Å². The van der Waals surface area contributed by atoms with Crippen molar-refractivity contribution in [2.24, 2.45) is 11.8 Å². The third kappa shape index (κ3) is 6.84. The molecule has 0 aromatic carbocycles. The van der Waals surface area contributed by atoms with E-state index < -0.39 is 42.7 Å². The van der Waals surface area contributed by atoms with E-state index in [2.05, 4.69) is 5.32 Å². The van der Waals surface area contributed by atoms with Gasteiger partial charge in [0.05, 0.1) is 43.7 Å². The van der Waals surface area contributed by atoms with Gasteiger partial charge in [-0.05, 0) is 26.7 Å². The second-order valence-corrected chi connectivity index (χ2v) is 8.20. The molecule has 0 radical (unpaired) electrons. The Morgan fingerprint density at radius 1 is 1.21 bits per heavy atom. The molecule has 2 aliphatic heterocycles. The highest BCUT2D eigenvalue weighted by atomic mass is 16.6. The predicted octanol–water partition coefficient (Wildman–Crippen LogP) is -1.09. The minimum Gasteiger partial charge on any atom is -0.393 e. The highest BCUT2D eigenvalue weighted by Crippen LogP contribution is 2.38. The minimum atomic E-state index is -1.09. The number of Topliss-reactive ketones (excluding diaryl/α,β-unsaturated/α-hetero) is 1. The van der Waals surface area contributed by atoms with Crippen molar-refractivity contribution >= 4 is 11.7 Å². The zero-order valence-electron chi connectivity index (χ0n) is 17.2. The molecule has 9 heteroatoms. The van der Waals surface area contributed by atoms with Crippen molar-refractivity contribution in [2.75, 3.05) is 19.8 Å². The molecule has 2 fully saturated rings. The Kier molecular flexibility index (Phi) is 8.74. The number of ether oxygens (including phenoxy) is 2. The number of rotatable bonds is 10. The van der Waals surface area contributed by atoms with E-state index >= 15 is 0 Å². The van der Waals surface area contributed by atoms with Crippen LogP contribution in [-0.2, 0) is 19.1 Å². The molecular formula is C20H33NO8. The summed E-state index contributed by atoms with van der Waals surface area (Å²) in [6.07, 6.45) is -1.17. The molecule has 1 amide bonds. The van der Waals surface area contributed by atoms with Gasteiger partial charge in [-0.2, -0.15) is 0 Å². The fourth-order valence-corrected chi connectivity index (χ4v) is 3.60. The van der Waals surface area contributed by atoms with Gasteiger partial charge in [0.1, 0.15) is 12.7 Å². The zero-order chi connectivity index (χ0) is 21.7. The van der Waals surface area contributed by atoms with Crippen LogP contribution in [0.3, 0.4) is 0 Å². The van der Waals surface area contributed by atoms with E-state index in [0.29, 0.717) is 12.0 Å².